The lowest BCUT2D eigenvalue weighted by molar-refractivity contribution is -0.384. The molecule has 0 fully saturated rings. The second-order valence-electron chi connectivity index (χ2n) is 4.25. The molecule has 1 aromatic carbocycles. The molecule has 0 bridgehead atoms. The van der Waals surface area contributed by atoms with Gasteiger partial charge in [-0.15, -0.1) is 11.3 Å². The van der Waals surface area contributed by atoms with Crippen molar-refractivity contribution >= 4 is 22.7 Å². The van der Waals surface area contributed by atoms with Crippen LogP contribution in [-0.2, 0) is 13.0 Å². The summed E-state index contributed by atoms with van der Waals surface area (Å²) < 4.78 is 5.09. The van der Waals surface area contributed by atoms with Crippen LogP contribution in [0.1, 0.15) is 17.4 Å². The van der Waals surface area contributed by atoms with Gasteiger partial charge >= 0.3 is 0 Å². The number of nitro groups is 1. The van der Waals surface area contributed by atoms with E-state index in [1.165, 1.54) is 29.7 Å². The maximum absolute atomic E-state index is 10.9. The number of benzene rings is 1. The first kappa shape index (κ1) is 14.3. The average Bonchev–Trinajstić information content (AvgIpc) is 2.92. The molecule has 1 N–H and O–H groups in total. The van der Waals surface area contributed by atoms with Crippen LogP contribution in [0.4, 0.5) is 11.4 Å². The molecule has 0 saturated heterocycles. The van der Waals surface area contributed by atoms with E-state index in [0.717, 1.165) is 6.42 Å². The minimum absolute atomic E-state index is 0.0220. The van der Waals surface area contributed by atoms with Gasteiger partial charge in [0.1, 0.15) is 5.75 Å². The molecule has 6 heteroatoms. The van der Waals surface area contributed by atoms with Crippen molar-refractivity contribution in [1.82, 2.24) is 0 Å². The van der Waals surface area contributed by atoms with Crippen LogP contribution in [0.3, 0.4) is 0 Å². The van der Waals surface area contributed by atoms with Crippen LogP contribution in [-0.4, -0.2) is 12.0 Å². The SMILES string of the molecule is CCc1ccsc1CNc1cc(OC)cc([N+](=O)[O-])c1. The van der Waals surface area contributed by atoms with E-state index in [1.54, 1.807) is 17.4 Å². The van der Waals surface area contributed by atoms with Crippen LogP contribution >= 0.6 is 11.3 Å². The minimum Gasteiger partial charge on any atom is -0.496 e. The highest BCUT2D eigenvalue weighted by Crippen LogP contribution is 2.27. The van der Waals surface area contributed by atoms with Crippen molar-refractivity contribution in [3.63, 3.8) is 0 Å². The zero-order valence-electron chi connectivity index (χ0n) is 11.4. The molecule has 0 aliphatic carbocycles. The van der Waals surface area contributed by atoms with Crippen molar-refractivity contribution in [2.45, 2.75) is 19.9 Å². The van der Waals surface area contributed by atoms with E-state index in [9.17, 15) is 10.1 Å². The number of rotatable bonds is 6. The largest absolute Gasteiger partial charge is 0.496 e. The summed E-state index contributed by atoms with van der Waals surface area (Å²) in [7, 11) is 1.50. The number of non-ortho nitro benzene ring substituents is 1. The van der Waals surface area contributed by atoms with Gasteiger partial charge in [-0.2, -0.15) is 0 Å². The van der Waals surface area contributed by atoms with Gasteiger partial charge in [-0.3, -0.25) is 10.1 Å². The molecule has 5 nitrogen and oxygen atoms in total. The number of methoxy groups -OCH3 is 1. The van der Waals surface area contributed by atoms with Crippen molar-refractivity contribution in [1.29, 1.82) is 0 Å². The highest BCUT2D eigenvalue weighted by molar-refractivity contribution is 7.10. The summed E-state index contributed by atoms with van der Waals surface area (Å²) in [5.74, 6) is 0.476. The van der Waals surface area contributed by atoms with Gasteiger partial charge in [-0.05, 0) is 23.4 Å². The molecule has 2 aromatic rings. The Morgan fingerprint density at radius 2 is 2.20 bits per heavy atom. The number of hydrogen-bond acceptors (Lipinski definition) is 5. The van der Waals surface area contributed by atoms with E-state index in [-0.39, 0.29) is 5.69 Å². The minimum atomic E-state index is -0.420. The number of nitrogens with one attached hydrogen (secondary N) is 1. The molecule has 1 aromatic heterocycles. The Morgan fingerprint density at radius 3 is 2.85 bits per heavy atom. The van der Waals surface area contributed by atoms with Gasteiger partial charge in [-0.25, -0.2) is 0 Å². The third kappa shape index (κ3) is 3.27. The van der Waals surface area contributed by atoms with Gasteiger partial charge in [-0.1, -0.05) is 6.92 Å². The third-order valence-corrected chi connectivity index (χ3v) is 3.97. The highest BCUT2D eigenvalue weighted by atomic mass is 32.1. The number of nitro benzene ring substituents is 1. The molecule has 0 atom stereocenters. The molecule has 106 valence electrons. The zero-order chi connectivity index (χ0) is 14.5. The number of aryl methyl sites for hydroxylation is 1. The van der Waals surface area contributed by atoms with E-state index in [2.05, 4.69) is 23.7 Å². The van der Waals surface area contributed by atoms with Crippen LogP contribution in [0.2, 0.25) is 0 Å². The van der Waals surface area contributed by atoms with E-state index < -0.39 is 4.92 Å². The van der Waals surface area contributed by atoms with Crippen LogP contribution in [0.15, 0.2) is 29.6 Å². The van der Waals surface area contributed by atoms with Crippen molar-refractivity contribution in [3.05, 3.63) is 50.2 Å². The second kappa shape index (κ2) is 6.38. The summed E-state index contributed by atoms with van der Waals surface area (Å²) in [4.78, 5) is 11.7. The van der Waals surface area contributed by atoms with Crippen LogP contribution in [0.25, 0.3) is 0 Å². The summed E-state index contributed by atoms with van der Waals surface area (Å²) in [5.41, 5.74) is 2.01. The molecule has 2 rings (SSSR count). The van der Waals surface area contributed by atoms with Gasteiger partial charge in [0.25, 0.3) is 5.69 Å². The van der Waals surface area contributed by atoms with Gasteiger partial charge < -0.3 is 10.1 Å². The molecule has 0 unspecified atom stereocenters. The fourth-order valence-electron chi connectivity index (χ4n) is 1.93. The first-order chi connectivity index (χ1) is 9.63. The van der Waals surface area contributed by atoms with Gasteiger partial charge in [0, 0.05) is 29.2 Å². The number of ether oxygens (including phenoxy) is 1. The van der Waals surface area contributed by atoms with Gasteiger partial charge in [0.15, 0.2) is 0 Å². The summed E-state index contributed by atoms with van der Waals surface area (Å²) in [6.45, 7) is 2.77. The first-order valence-electron chi connectivity index (χ1n) is 6.26. The number of thiophene rings is 1. The molecule has 0 saturated carbocycles. The first-order valence-corrected chi connectivity index (χ1v) is 7.14. The normalized spacial score (nSPS) is 10.3. The molecule has 0 spiro atoms. The van der Waals surface area contributed by atoms with Crippen molar-refractivity contribution < 1.29 is 9.66 Å². The fourth-order valence-corrected chi connectivity index (χ4v) is 2.84. The smallest absolute Gasteiger partial charge is 0.275 e. The number of nitrogens with zero attached hydrogens (tertiary/aromatic N) is 1. The summed E-state index contributed by atoms with van der Waals surface area (Å²) >= 11 is 1.69. The highest BCUT2D eigenvalue weighted by Gasteiger charge is 2.10. The molecule has 0 amide bonds. The second-order valence-corrected chi connectivity index (χ2v) is 5.25. The molecular formula is C14H16N2O3S. The average molecular weight is 292 g/mol. The Hall–Kier alpha value is -2.08. The van der Waals surface area contributed by atoms with Crippen LogP contribution in [0, 0.1) is 10.1 Å². The fraction of sp³-hybridized carbons (Fsp3) is 0.286. The zero-order valence-corrected chi connectivity index (χ0v) is 12.2. The van der Waals surface area contributed by atoms with Crippen molar-refractivity contribution in [2.75, 3.05) is 12.4 Å². The Balaban J connectivity index is 2.16. The van der Waals surface area contributed by atoms with Crippen molar-refractivity contribution in [2.24, 2.45) is 0 Å². The van der Waals surface area contributed by atoms with Gasteiger partial charge in [0.2, 0.25) is 0 Å². The summed E-state index contributed by atoms with van der Waals surface area (Å²) in [5, 5.41) is 16.2. The summed E-state index contributed by atoms with van der Waals surface area (Å²) in [6, 6.07) is 6.79. The quantitative estimate of drug-likeness (QED) is 0.649. The van der Waals surface area contributed by atoms with E-state index in [1.807, 2.05) is 0 Å². The Kier molecular flexibility index (Phi) is 4.57. The molecule has 0 aliphatic rings. The Bertz CT molecular complexity index is 610. The standard InChI is InChI=1S/C14H16N2O3S/c1-3-10-4-5-20-14(10)9-15-11-6-12(16(17)18)8-13(7-11)19-2/h4-8,15H,3,9H2,1-2H3. The van der Waals surface area contributed by atoms with Crippen molar-refractivity contribution in [3.8, 4) is 5.75 Å². The molecule has 0 aliphatic heterocycles. The molecule has 1 heterocycles. The maximum atomic E-state index is 10.9. The molecular weight excluding hydrogens is 276 g/mol. The molecule has 20 heavy (non-hydrogen) atoms. The van der Waals surface area contributed by atoms with Gasteiger partial charge in [0.05, 0.1) is 18.1 Å². The van der Waals surface area contributed by atoms with E-state index in [4.69, 9.17) is 4.74 Å². The van der Waals surface area contributed by atoms with E-state index >= 15 is 0 Å². The monoisotopic (exact) mass is 292 g/mol. The maximum Gasteiger partial charge on any atom is 0.275 e. The summed E-state index contributed by atoms with van der Waals surface area (Å²) in [6.07, 6.45) is 0.985. The Labute approximate surface area is 121 Å². The predicted octanol–water partition coefficient (Wildman–Crippen LogP) is 3.84. The lowest BCUT2D eigenvalue weighted by Crippen LogP contribution is -2.01. The Morgan fingerprint density at radius 1 is 1.40 bits per heavy atom. The topological polar surface area (TPSA) is 64.4 Å². The lowest BCUT2D eigenvalue weighted by atomic mass is 10.2. The number of anilines is 1. The van der Waals surface area contributed by atoms with Crippen LogP contribution < -0.4 is 10.1 Å². The molecule has 0 radical (unpaired) electrons. The van der Waals surface area contributed by atoms with E-state index in [0.29, 0.717) is 18.0 Å². The lowest BCUT2D eigenvalue weighted by Gasteiger charge is -2.08. The number of hydrogen-bond donors (Lipinski definition) is 1. The third-order valence-electron chi connectivity index (χ3n) is 3.01. The van der Waals surface area contributed by atoms with Crippen LogP contribution in [0.5, 0.6) is 5.75 Å². The predicted molar refractivity (Wildman–Crippen MR) is 80.7 cm³/mol.